The smallest absolute Gasteiger partial charge is 0.0725 e. The van der Waals surface area contributed by atoms with Gasteiger partial charge in [-0.15, -0.1) is 0 Å². The highest BCUT2D eigenvalue weighted by molar-refractivity contribution is 6.07. The molecule has 506 valence electrons. The fourth-order valence-corrected chi connectivity index (χ4v) is 22.9. The molecule has 16 aromatic rings. The summed E-state index contributed by atoms with van der Waals surface area (Å²) in [6, 6.07) is 136. The molecule has 16 aromatic carbocycles. The first kappa shape index (κ1) is 60.4. The van der Waals surface area contributed by atoms with Gasteiger partial charge in [0.05, 0.1) is 33.6 Å². The Kier molecular flexibility index (Phi) is 11.9. The number of fused-ring (bicyclic) bond motifs is 32. The van der Waals surface area contributed by atoms with Crippen molar-refractivity contribution in [3.8, 4) is 89.0 Å². The van der Waals surface area contributed by atoms with Gasteiger partial charge >= 0.3 is 0 Å². The van der Waals surface area contributed by atoms with Crippen molar-refractivity contribution in [2.75, 3.05) is 9.80 Å². The maximum atomic E-state index is 2.67. The van der Waals surface area contributed by atoms with Crippen molar-refractivity contribution in [1.29, 1.82) is 0 Å². The van der Waals surface area contributed by atoms with Crippen LogP contribution in [0, 0.1) is 0 Å². The van der Waals surface area contributed by atoms with E-state index in [2.05, 4.69) is 389 Å². The molecular weight excluding hydrogens is 1300 g/mol. The Bertz CT molecular complexity index is 6610. The van der Waals surface area contributed by atoms with Crippen molar-refractivity contribution in [2.24, 2.45) is 0 Å². The van der Waals surface area contributed by atoms with Crippen molar-refractivity contribution in [1.82, 2.24) is 0 Å². The van der Waals surface area contributed by atoms with Gasteiger partial charge in [0.25, 0.3) is 0 Å². The van der Waals surface area contributed by atoms with E-state index >= 15 is 0 Å². The van der Waals surface area contributed by atoms with E-state index in [1.165, 1.54) is 195 Å². The first-order valence-electron chi connectivity index (χ1n) is 38.5. The van der Waals surface area contributed by atoms with Crippen molar-refractivity contribution in [3.63, 3.8) is 0 Å². The highest BCUT2D eigenvalue weighted by Gasteiger charge is 2.58. The monoisotopic (exact) mass is 1370 g/mol. The molecule has 0 N–H and O–H groups in total. The molecule has 8 aliphatic rings. The summed E-state index contributed by atoms with van der Waals surface area (Å²) < 4.78 is 0. The topological polar surface area (TPSA) is 6.48 Å². The second kappa shape index (κ2) is 21.2. The Hall–Kier alpha value is -12.9. The quantitative estimate of drug-likeness (QED) is 0.157. The maximum Gasteiger partial charge on any atom is 0.0725 e. The minimum atomic E-state index is -0.502. The fraction of sp³-hybridized carbons (Fsp3) is 0.0943. The number of benzene rings is 16. The van der Waals surface area contributed by atoms with Gasteiger partial charge in [-0.1, -0.05) is 318 Å². The Labute approximate surface area is 630 Å². The van der Waals surface area contributed by atoms with E-state index in [9.17, 15) is 0 Å². The van der Waals surface area contributed by atoms with E-state index in [1.807, 2.05) is 0 Å². The lowest BCUT2D eigenvalue weighted by Gasteiger charge is -2.44. The molecular formula is C106H72N2. The summed E-state index contributed by atoms with van der Waals surface area (Å²) in [5.41, 5.74) is 47.2. The zero-order valence-electron chi connectivity index (χ0n) is 60.6. The molecule has 2 heteroatoms. The average molecular weight is 1370 g/mol. The number of hydrogen-bond acceptors (Lipinski definition) is 2. The largest absolute Gasteiger partial charge is 0.310 e. The van der Waals surface area contributed by atoms with Crippen molar-refractivity contribution >= 4 is 34.1 Å². The Morgan fingerprint density at radius 3 is 1.29 bits per heavy atom. The molecule has 2 atom stereocenters. The molecule has 2 unspecified atom stereocenters. The summed E-state index contributed by atoms with van der Waals surface area (Å²) in [5, 5.41) is 0. The summed E-state index contributed by atoms with van der Waals surface area (Å²) in [6.45, 7) is 9.90. The van der Waals surface area contributed by atoms with E-state index in [-0.39, 0.29) is 5.41 Å². The molecule has 0 saturated carbocycles. The van der Waals surface area contributed by atoms with Crippen molar-refractivity contribution in [2.45, 2.75) is 61.2 Å². The third-order valence-electron chi connectivity index (χ3n) is 27.1. The molecule has 7 aliphatic carbocycles. The molecule has 2 nitrogen and oxygen atoms in total. The van der Waals surface area contributed by atoms with Crippen LogP contribution in [-0.2, 0) is 33.5 Å². The molecule has 0 saturated heterocycles. The summed E-state index contributed by atoms with van der Waals surface area (Å²) in [7, 11) is 0. The van der Waals surface area contributed by atoms with Gasteiger partial charge in [-0.25, -0.2) is 0 Å². The van der Waals surface area contributed by atoms with E-state index in [0.29, 0.717) is 0 Å². The molecule has 0 radical (unpaired) electrons. The zero-order chi connectivity index (χ0) is 71.3. The van der Waals surface area contributed by atoms with Gasteiger partial charge in [0.2, 0.25) is 0 Å². The lowest BCUT2D eigenvalue weighted by molar-refractivity contribution is 0.583. The molecule has 1 aliphatic heterocycles. The van der Waals surface area contributed by atoms with Crippen LogP contribution < -0.4 is 9.80 Å². The van der Waals surface area contributed by atoms with Crippen LogP contribution in [0.15, 0.2) is 352 Å². The highest BCUT2D eigenvalue weighted by atomic mass is 15.2. The van der Waals surface area contributed by atoms with Crippen LogP contribution in [0.3, 0.4) is 0 Å². The first-order valence-corrected chi connectivity index (χ1v) is 38.5. The van der Waals surface area contributed by atoms with Crippen LogP contribution in [0.2, 0.25) is 0 Å². The van der Waals surface area contributed by atoms with Crippen molar-refractivity contribution in [3.05, 3.63) is 441 Å². The number of nitrogens with zero attached hydrogens (tertiary/aromatic N) is 2. The normalized spacial score (nSPS) is 17.6. The third kappa shape index (κ3) is 7.30. The SMILES string of the molecule is CC1(C)c2ccccc2-c2ccc(N(c3ccc4c(c3)-c3ccccc3C43c4ccccc4-c4ccccc43)c3cccc4c3-c3ccccc3C4(C)Cc3ccc(N4c5cccc6c5C(C)(c5ccccc5-6)c5c4ccc4c5-c5ccccc5C45c4ccccc4-c4ccccc45)c(-c4ccccc4)c3)cc21. The Balaban J connectivity index is 0.696. The molecule has 24 rings (SSSR count). The van der Waals surface area contributed by atoms with Crippen LogP contribution >= 0.6 is 0 Å². The molecule has 2 spiro atoms. The minimum Gasteiger partial charge on any atom is -0.310 e. The Morgan fingerprint density at radius 1 is 0.250 bits per heavy atom. The zero-order valence-corrected chi connectivity index (χ0v) is 60.6. The molecule has 1 heterocycles. The van der Waals surface area contributed by atoms with Gasteiger partial charge < -0.3 is 9.80 Å². The van der Waals surface area contributed by atoms with Gasteiger partial charge in [0.1, 0.15) is 0 Å². The molecule has 108 heavy (non-hydrogen) atoms. The summed E-state index contributed by atoms with van der Waals surface area (Å²) in [4.78, 5) is 5.29. The highest BCUT2D eigenvalue weighted by Crippen LogP contribution is 2.71. The Morgan fingerprint density at radius 2 is 0.667 bits per heavy atom. The van der Waals surface area contributed by atoms with Gasteiger partial charge in [0, 0.05) is 38.7 Å². The lowest BCUT2D eigenvalue weighted by Crippen LogP contribution is -2.34. The lowest BCUT2D eigenvalue weighted by atomic mass is 9.66. The second-order valence-electron chi connectivity index (χ2n) is 32.3. The van der Waals surface area contributed by atoms with Gasteiger partial charge in [0.15, 0.2) is 0 Å². The predicted molar refractivity (Wildman–Crippen MR) is 444 cm³/mol. The maximum absolute atomic E-state index is 2.67. The second-order valence-corrected chi connectivity index (χ2v) is 32.3. The van der Waals surface area contributed by atoms with Gasteiger partial charge in [-0.3, -0.25) is 0 Å². The van der Waals surface area contributed by atoms with Crippen LogP contribution in [-0.4, -0.2) is 0 Å². The third-order valence-corrected chi connectivity index (χ3v) is 27.1. The molecule has 0 fully saturated rings. The summed E-state index contributed by atoms with van der Waals surface area (Å²) in [5.74, 6) is 0. The summed E-state index contributed by atoms with van der Waals surface area (Å²) in [6.07, 6.45) is 0.770. The average Bonchev–Trinajstić information content (AvgIpc) is 1.48. The van der Waals surface area contributed by atoms with Crippen LogP contribution in [0.5, 0.6) is 0 Å². The number of hydrogen-bond donors (Lipinski definition) is 0. The van der Waals surface area contributed by atoms with Crippen LogP contribution in [0.4, 0.5) is 34.1 Å². The summed E-state index contributed by atoms with van der Waals surface area (Å²) >= 11 is 0. The van der Waals surface area contributed by atoms with Crippen LogP contribution in [0.25, 0.3) is 89.0 Å². The van der Waals surface area contributed by atoms with Crippen molar-refractivity contribution < 1.29 is 0 Å². The molecule has 0 bridgehead atoms. The predicted octanol–water partition coefficient (Wildman–Crippen LogP) is 26.5. The van der Waals surface area contributed by atoms with Crippen LogP contribution in [0.1, 0.15) is 117 Å². The van der Waals surface area contributed by atoms with Gasteiger partial charge in [-0.2, -0.15) is 0 Å². The van der Waals surface area contributed by atoms with Gasteiger partial charge in [-0.05, 0) is 235 Å². The first-order chi connectivity index (χ1) is 53.1. The standard InChI is InChI=1S/C106H72N2/c1-102(2)81-40-17-8-30-68(81)75-55-53-67(62-93(75)102)107(66-54-56-90-80(61-66)74-36-14-24-47-88(74)105(90)84-43-20-10-31-69(84)70-32-11-21-44-85(70)105)95-50-27-49-91-98(95)77-37-15-18-41-82(77)103(91,3)63-64-52-58-94(79(60-64)65-28-6-5-7-29-65)108-96-51-26-39-76-73-35-9-19-42-83(73)104(4,100(76)96)101-97(108)59-57-92-99(101)78-38-16-25-48-89(78)106(92)86-45-22-12-33-71(86)72-34-13-23-46-87(72)106/h5-62H,63H2,1-4H3. The van der Waals surface area contributed by atoms with E-state index in [4.69, 9.17) is 0 Å². The number of rotatable bonds is 7. The fourth-order valence-electron chi connectivity index (χ4n) is 22.9. The van der Waals surface area contributed by atoms with E-state index < -0.39 is 21.7 Å². The minimum absolute atomic E-state index is 0.213. The van der Waals surface area contributed by atoms with E-state index in [0.717, 1.165) is 23.5 Å². The molecule has 0 amide bonds. The number of anilines is 6. The molecule has 0 aromatic heterocycles. The van der Waals surface area contributed by atoms with E-state index in [1.54, 1.807) is 0 Å².